The molecule has 3 aliphatic rings. The van der Waals surface area contributed by atoms with Gasteiger partial charge in [0.05, 0.1) is 0 Å². The fraction of sp³-hybridized carbons (Fsp3) is 0.348. The number of aryl methyl sites for hydroxylation is 1. The number of carbonyl (C=O) groups is 3. The number of hydrogen-bond donors (Lipinski definition) is 1. The van der Waals surface area contributed by atoms with Crippen molar-refractivity contribution in [1.82, 2.24) is 15.1 Å². The third-order valence-electron chi connectivity index (χ3n) is 6.34. The number of thiophene rings is 1. The average Bonchev–Trinajstić information content (AvgIpc) is 3.35. The number of hydrogen-bond acceptors (Lipinski definition) is 4. The van der Waals surface area contributed by atoms with Crippen LogP contribution in [0.1, 0.15) is 35.3 Å². The van der Waals surface area contributed by atoms with Crippen molar-refractivity contribution in [2.24, 2.45) is 0 Å². The first-order valence-corrected chi connectivity index (χ1v) is 11.2. The molecule has 0 radical (unpaired) electrons. The van der Waals surface area contributed by atoms with Crippen LogP contribution in [0.3, 0.4) is 0 Å². The molecular formula is C23H23N3O3S. The Hall–Kier alpha value is -2.93. The summed E-state index contributed by atoms with van der Waals surface area (Å²) in [4.78, 5) is 42.8. The van der Waals surface area contributed by atoms with Gasteiger partial charge in [0.15, 0.2) is 0 Å². The Morgan fingerprint density at radius 2 is 1.97 bits per heavy atom. The van der Waals surface area contributed by atoms with Crippen LogP contribution in [-0.4, -0.2) is 47.3 Å². The van der Waals surface area contributed by atoms with Crippen molar-refractivity contribution in [3.05, 3.63) is 63.9 Å². The number of nitrogens with zero attached hydrogens (tertiary/aromatic N) is 2. The van der Waals surface area contributed by atoms with Gasteiger partial charge in [-0.25, -0.2) is 4.79 Å². The minimum Gasteiger partial charge on any atom is -0.337 e. The number of benzene rings is 1. The molecular weight excluding hydrogens is 398 g/mol. The van der Waals surface area contributed by atoms with Gasteiger partial charge in [0.1, 0.15) is 12.1 Å². The van der Waals surface area contributed by atoms with Gasteiger partial charge in [-0.2, -0.15) is 0 Å². The van der Waals surface area contributed by atoms with Gasteiger partial charge in [-0.15, -0.1) is 11.3 Å². The molecule has 1 aliphatic carbocycles. The summed E-state index contributed by atoms with van der Waals surface area (Å²) in [5.74, 6) is -0.488. The molecule has 7 heteroatoms. The van der Waals surface area contributed by atoms with Gasteiger partial charge in [0.25, 0.3) is 5.91 Å². The molecule has 1 spiro atoms. The second-order valence-corrected chi connectivity index (χ2v) is 9.02. The highest BCUT2D eigenvalue weighted by atomic mass is 32.1. The quantitative estimate of drug-likeness (QED) is 0.774. The molecule has 1 atom stereocenters. The maximum Gasteiger partial charge on any atom is 0.325 e. The molecule has 4 amide bonds. The van der Waals surface area contributed by atoms with Gasteiger partial charge in [-0.1, -0.05) is 36.4 Å². The summed E-state index contributed by atoms with van der Waals surface area (Å²) >= 11 is 1.62. The minimum atomic E-state index is -0.993. The molecule has 1 saturated heterocycles. The number of urea groups is 1. The Morgan fingerprint density at radius 1 is 1.13 bits per heavy atom. The molecule has 1 aromatic heterocycles. The molecule has 6 nitrogen and oxygen atoms in total. The van der Waals surface area contributed by atoms with E-state index in [9.17, 15) is 14.4 Å². The van der Waals surface area contributed by atoms with Crippen molar-refractivity contribution < 1.29 is 14.4 Å². The maximum atomic E-state index is 13.3. The molecule has 5 rings (SSSR count). The maximum absolute atomic E-state index is 13.3. The number of amides is 4. The molecule has 1 N–H and O–H groups in total. The van der Waals surface area contributed by atoms with Gasteiger partial charge >= 0.3 is 6.03 Å². The molecule has 1 fully saturated rings. The normalized spacial score (nSPS) is 23.4. The Labute approximate surface area is 179 Å². The molecule has 0 saturated carbocycles. The summed E-state index contributed by atoms with van der Waals surface area (Å²) in [7, 11) is 0. The molecule has 2 aromatic rings. The van der Waals surface area contributed by atoms with E-state index in [0.29, 0.717) is 19.5 Å². The van der Waals surface area contributed by atoms with Crippen LogP contribution in [0.5, 0.6) is 0 Å². The van der Waals surface area contributed by atoms with Crippen molar-refractivity contribution in [1.29, 1.82) is 0 Å². The van der Waals surface area contributed by atoms with E-state index in [1.807, 2.05) is 29.6 Å². The van der Waals surface area contributed by atoms with E-state index >= 15 is 0 Å². The number of nitrogens with one attached hydrogen (secondary N) is 1. The highest BCUT2D eigenvalue weighted by molar-refractivity contribution is 7.10. The monoisotopic (exact) mass is 421 g/mol. The average molecular weight is 422 g/mol. The van der Waals surface area contributed by atoms with Crippen LogP contribution in [0.25, 0.3) is 5.57 Å². The van der Waals surface area contributed by atoms with Gasteiger partial charge in [0.2, 0.25) is 5.91 Å². The number of imide groups is 1. The molecule has 0 unspecified atom stereocenters. The van der Waals surface area contributed by atoms with Crippen molar-refractivity contribution in [3.63, 3.8) is 0 Å². The van der Waals surface area contributed by atoms with Crippen LogP contribution in [0.2, 0.25) is 0 Å². The number of rotatable bonds is 3. The van der Waals surface area contributed by atoms with Crippen molar-refractivity contribution >= 4 is 34.8 Å². The lowest BCUT2D eigenvalue weighted by atomic mass is 9.80. The zero-order valence-electron chi connectivity index (χ0n) is 16.6. The second-order valence-electron chi connectivity index (χ2n) is 8.02. The van der Waals surface area contributed by atoms with Crippen LogP contribution in [0, 0.1) is 0 Å². The van der Waals surface area contributed by atoms with E-state index in [2.05, 4.69) is 23.5 Å². The van der Waals surface area contributed by atoms with Crippen molar-refractivity contribution in [2.45, 2.75) is 31.2 Å². The van der Waals surface area contributed by atoms with E-state index in [4.69, 9.17) is 0 Å². The summed E-state index contributed by atoms with van der Waals surface area (Å²) in [6.07, 6.45) is 5.18. The first-order valence-electron chi connectivity index (χ1n) is 10.3. The Bertz CT molecular complexity index is 1040. The SMILES string of the molecule is O=C(CN1C(=O)N[C@]2(CCCc3sccc32)C1=O)N1CC=C(c2ccccc2)CC1. The minimum absolute atomic E-state index is 0.194. The predicted octanol–water partition coefficient (Wildman–Crippen LogP) is 3.15. The van der Waals surface area contributed by atoms with Crippen LogP contribution in [0.4, 0.5) is 4.79 Å². The third kappa shape index (κ3) is 3.04. The predicted molar refractivity (Wildman–Crippen MR) is 115 cm³/mol. The van der Waals surface area contributed by atoms with E-state index < -0.39 is 11.6 Å². The fourth-order valence-corrected chi connectivity index (χ4v) is 5.73. The van der Waals surface area contributed by atoms with Crippen molar-refractivity contribution in [2.75, 3.05) is 19.6 Å². The lowest BCUT2D eigenvalue weighted by molar-refractivity contribution is -0.139. The summed E-state index contributed by atoms with van der Waals surface area (Å²) in [6, 6.07) is 11.6. The highest BCUT2D eigenvalue weighted by Gasteiger charge is 2.54. The van der Waals surface area contributed by atoms with Crippen LogP contribution in [-0.2, 0) is 21.5 Å². The van der Waals surface area contributed by atoms with Crippen LogP contribution >= 0.6 is 11.3 Å². The molecule has 0 bridgehead atoms. The van der Waals surface area contributed by atoms with E-state index in [0.717, 1.165) is 34.6 Å². The highest BCUT2D eigenvalue weighted by Crippen LogP contribution is 2.42. The smallest absolute Gasteiger partial charge is 0.325 e. The standard InChI is InChI=1S/C23H23N3O3S/c27-20(25-12-8-17(9-13-25)16-5-2-1-3-6-16)15-26-21(28)23(24-22(26)29)11-4-7-19-18(23)10-14-30-19/h1-3,5-6,8,10,14H,4,7,9,11-13,15H2,(H,24,29)/t23-/m0/s1. The zero-order chi connectivity index (χ0) is 20.7. The largest absolute Gasteiger partial charge is 0.337 e. The Kier molecular flexibility index (Phi) is 4.70. The molecule has 154 valence electrons. The van der Waals surface area contributed by atoms with E-state index in [-0.39, 0.29) is 18.4 Å². The van der Waals surface area contributed by atoms with Crippen LogP contribution < -0.4 is 5.32 Å². The summed E-state index contributed by atoms with van der Waals surface area (Å²) in [5, 5.41) is 4.88. The van der Waals surface area contributed by atoms with Gasteiger partial charge in [0, 0.05) is 23.5 Å². The fourth-order valence-electron chi connectivity index (χ4n) is 4.73. The van der Waals surface area contributed by atoms with Gasteiger partial charge in [-0.3, -0.25) is 14.5 Å². The summed E-state index contributed by atoms with van der Waals surface area (Å²) < 4.78 is 0. The Morgan fingerprint density at radius 3 is 2.73 bits per heavy atom. The molecule has 3 heterocycles. The first kappa shape index (κ1) is 19.1. The first-order chi connectivity index (χ1) is 14.6. The molecule has 30 heavy (non-hydrogen) atoms. The van der Waals surface area contributed by atoms with Gasteiger partial charge < -0.3 is 10.2 Å². The van der Waals surface area contributed by atoms with E-state index in [1.165, 1.54) is 11.1 Å². The number of carbonyl (C=O) groups excluding carboxylic acids is 3. The summed E-state index contributed by atoms with van der Waals surface area (Å²) in [5.41, 5.74) is 2.30. The lowest BCUT2D eigenvalue weighted by Crippen LogP contribution is -2.47. The molecule has 2 aliphatic heterocycles. The number of fused-ring (bicyclic) bond motifs is 2. The van der Waals surface area contributed by atoms with Gasteiger partial charge in [-0.05, 0) is 48.3 Å². The lowest BCUT2D eigenvalue weighted by Gasteiger charge is -2.31. The molecule has 1 aromatic carbocycles. The van der Waals surface area contributed by atoms with E-state index in [1.54, 1.807) is 16.2 Å². The Balaban J connectivity index is 1.29. The summed E-state index contributed by atoms with van der Waals surface area (Å²) in [6.45, 7) is 0.871. The van der Waals surface area contributed by atoms with Crippen LogP contribution in [0.15, 0.2) is 47.9 Å². The topological polar surface area (TPSA) is 69.7 Å². The third-order valence-corrected chi connectivity index (χ3v) is 7.32. The van der Waals surface area contributed by atoms with Crippen molar-refractivity contribution in [3.8, 4) is 0 Å². The second kappa shape index (κ2) is 7.40. The zero-order valence-corrected chi connectivity index (χ0v) is 17.4.